The molecule has 0 N–H and O–H groups in total. The Morgan fingerprint density at radius 1 is 0.338 bits per heavy atom. The smallest absolute Gasteiger partial charge is 0.306 e. The Balaban J connectivity index is 4.46. The van der Waals surface area contributed by atoms with Crippen molar-refractivity contribution in [1.29, 1.82) is 0 Å². The Kier molecular flexibility index (Phi) is 50.0. The zero-order valence-corrected chi connectivity index (χ0v) is 42.2. The molecule has 0 radical (unpaired) electrons. The van der Waals surface area contributed by atoms with Crippen LogP contribution in [0.3, 0.4) is 0 Å². The summed E-state index contributed by atoms with van der Waals surface area (Å²) >= 11 is 0. The Morgan fingerprint density at radius 3 is 1.03 bits per heavy atom. The number of rotatable bonds is 47. The maximum atomic E-state index is 12.8. The van der Waals surface area contributed by atoms with E-state index in [0.29, 0.717) is 19.3 Å². The van der Waals surface area contributed by atoms with Crippen molar-refractivity contribution in [2.75, 3.05) is 13.2 Å². The van der Waals surface area contributed by atoms with Crippen molar-refractivity contribution >= 4 is 17.9 Å². The highest BCUT2D eigenvalue weighted by Crippen LogP contribution is 2.14. The van der Waals surface area contributed by atoms with Gasteiger partial charge >= 0.3 is 17.9 Å². The van der Waals surface area contributed by atoms with Crippen LogP contribution in [0.4, 0.5) is 0 Å². The summed E-state index contributed by atoms with van der Waals surface area (Å²) in [6, 6.07) is 0. The summed E-state index contributed by atoms with van der Waals surface area (Å²) in [4.78, 5) is 38.1. The molecule has 0 bridgehead atoms. The van der Waals surface area contributed by atoms with Crippen molar-refractivity contribution in [3.8, 4) is 0 Å². The van der Waals surface area contributed by atoms with Crippen LogP contribution in [-0.2, 0) is 28.6 Å². The van der Waals surface area contributed by atoms with Crippen LogP contribution >= 0.6 is 0 Å². The van der Waals surface area contributed by atoms with Gasteiger partial charge in [0.1, 0.15) is 13.2 Å². The number of carbonyl (C=O) groups is 3. The molecule has 0 fully saturated rings. The van der Waals surface area contributed by atoms with E-state index in [4.69, 9.17) is 14.2 Å². The molecule has 0 spiro atoms. The van der Waals surface area contributed by atoms with Crippen LogP contribution in [0.15, 0.2) is 97.2 Å². The maximum Gasteiger partial charge on any atom is 0.306 e. The minimum Gasteiger partial charge on any atom is -0.462 e. The third-order valence-electron chi connectivity index (χ3n) is 11.1. The summed E-state index contributed by atoms with van der Waals surface area (Å²) < 4.78 is 16.8. The van der Waals surface area contributed by atoms with Crippen LogP contribution in [-0.4, -0.2) is 37.2 Å². The van der Waals surface area contributed by atoms with Gasteiger partial charge in [-0.25, -0.2) is 0 Å². The van der Waals surface area contributed by atoms with Gasteiger partial charge in [-0.3, -0.25) is 14.4 Å². The van der Waals surface area contributed by atoms with E-state index in [1.807, 2.05) is 0 Å². The first-order chi connectivity index (χ1) is 32.0. The number of unbranched alkanes of at least 4 members (excludes halogenated alkanes) is 21. The monoisotopic (exact) mass is 903 g/mol. The fourth-order valence-electron chi connectivity index (χ4n) is 7.11. The van der Waals surface area contributed by atoms with E-state index in [-0.39, 0.29) is 31.1 Å². The first-order valence-corrected chi connectivity index (χ1v) is 26.8. The van der Waals surface area contributed by atoms with Crippen molar-refractivity contribution in [1.82, 2.24) is 0 Å². The average Bonchev–Trinajstić information content (AvgIpc) is 3.30. The lowest BCUT2D eigenvalue weighted by molar-refractivity contribution is -0.167. The van der Waals surface area contributed by atoms with E-state index in [1.54, 1.807) is 0 Å². The highest BCUT2D eigenvalue weighted by atomic mass is 16.6. The van der Waals surface area contributed by atoms with Gasteiger partial charge in [0.15, 0.2) is 6.10 Å². The fourth-order valence-corrected chi connectivity index (χ4v) is 7.11. The van der Waals surface area contributed by atoms with E-state index in [0.717, 1.165) is 122 Å². The standard InChI is InChI=1S/C59H98O6/c1-4-7-10-13-16-19-22-25-28-31-34-37-40-43-46-49-52-58(61)64-55-56(54-63-57(60)51-48-45-42-39-36-33-30-27-24-21-18-15-12-9-6-3)65-59(62)53-50-47-44-41-38-35-32-29-26-23-20-17-14-11-8-5-2/h7-8,10-11,16-21,24-29,56H,4-6,9,12-15,22-23,30-55H2,1-3H3/b10-7-,11-8-,19-16-,20-17-,21-18-,27-24-,28-25-,29-26-. The van der Waals surface area contributed by atoms with Crippen molar-refractivity contribution in [3.63, 3.8) is 0 Å². The number of hydrogen-bond acceptors (Lipinski definition) is 6. The number of ether oxygens (including phenoxy) is 3. The molecule has 6 heteroatoms. The molecular formula is C59H98O6. The molecule has 0 aliphatic rings. The molecule has 1 unspecified atom stereocenters. The zero-order valence-electron chi connectivity index (χ0n) is 42.2. The SMILES string of the molecule is CC/C=C\C/C=C\C/C=C\CCCCCCCCC(=O)OCC(COC(=O)CCCCCCCC/C=C\C=C/CCCCC)OC(=O)CCCCCCCC/C=C\C/C=C\C/C=C\CC. The molecule has 0 aliphatic carbocycles. The molecule has 0 aliphatic heterocycles. The van der Waals surface area contributed by atoms with Gasteiger partial charge in [0.05, 0.1) is 0 Å². The van der Waals surface area contributed by atoms with Gasteiger partial charge in [-0.1, -0.05) is 208 Å². The molecule has 0 heterocycles. The molecule has 0 aromatic heterocycles. The lowest BCUT2D eigenvalue weighted by atomic mass is 10.1. The molecule has 370 valence electrons. The molecule has 0 saturated carbocycles. The number of allylic oxidation sites excluding steroid dienone is 16. The van der Waals surface area contributed by atoms with E-state index in [2.05, 4.69) is 118 Å². The Morgan fingerprint density at radius 2 is 0.646 bits per heavy atom. The Hall–Kier alpha value is -3.67. The number of esters is 3. The molecule has 0 amide bonds. The quantitative estimate of drug-likeness (QED) is 0.0199. The van der Waals surface area contributed by atoms with E-state index in [9.17, 15) is 14.4 Å². The zero-order chi connectivity index (χ0) is 47.2. The van der Waals surface area contributed by atoms with Gasteiger partial charge in [-0.2, -0.15) is 0 Å². The normalized spacial score (nSPS) is 12.8. The average molecular weight is 903 g/mol. The summed E-state index contributed by atoms with van der Waals surface area (Å²) in [6.45, 7) is 6.35. The summed E-state index contributed by atoms with van der Waals surface area (Å²) in [7, 11) is 0. The van der Waals surface area contributed by atoms with E-state index < -0.39 is 6.10 Å². The molecule has 0 aromatic rings. The van der Waals surface area contributed by atoms with E-state index >= 15 is 0 Å². The molecular weight excluding hydrogens is 805 g/mol. The van der Waals surface area contributed by atoms with Crippen molar-refractivity contribution in [3.05, 3.63) is 97.2 Å². The van der Waals surface area contributed by atoms with Gasteiger partial charge in [0, 0.05) is 19.3 Å². The predicted octanol–water partition coefficient (Wildman–Crippen LogP) is 17.8. The largest absolute Gasteiger partial charge is 0.462 e. The van der Waals surface area contributed by atoms with Crippen LogP contribution in [0.25, 0.3) is 0 Å². The van der Waals surface area contributed by atoms with Gasteiger partial charge < -0.3 is 14.2 Å². The molecule has 6 nitrogen and oxygen atoms in total. The molecule has 0 rings (SSSR count). The first-order valence-electron chi connectivity index (χ1n) is 26.8. The topological polar surface area (TPSA) is 78.9 Å². The minimum absolute atomic E-state index is 0.0944. The van der Waals surface area contributed by atoms with Gasteiger partial charge in [0.2, 0.25) is 0 Å². The second kappa shape index (κ2) is 52.9. The second-order valence-corrected chi connectivity index (χ2v) is 17.4. The summed E-state index contributed by atoms with van der Waals surface area (Å²) in [5.74, 6) is -0.932. The third-order valence-corrected chi connectivity index (χ3v) is 11.1. The summed E-state index contributed by atoms with van der Waals surface area (Å²) in [5.41, 5.74) is 0. The third kappa shape index (κ3) is 51.2. The molecule has 65 heavy (non-hydrogen) atoms. The second-order valence-electron chi connectivity index (χ2n) is 17.4. The Labute approximate surface area is 400 Å². The van der Waals surface area contributed by atoms with Crippen LogP contribution in [0.1, 0.15) is 239 Å². The van der Waals surface area contributed by atoms with E-state index in [1.165, 1.54) is 77.0 Å². The van der Waals surface area contributed by atoms with Crippen LogP contribution in [0, 0.1) is 0 Å². The van der Waals surface area contributed by atoms with Crippen molar-refractivity contribution < 1.29 is 28.6 Å². The Bertz CT molecular complexity index is 1310. The first kappa shape index (κ1) is 61.3. The lowest BCUT2D eigenvalue weighted by Gasteiger charge is -2.18. The van der Waals surface area contributed by atoms with Crippen LogP contribution in [0.5, 0.6) is 0 Å². The van der Waals surface area contributed by atoms with Crippen molar-refractivity contribution in [2.45, 2.75) is 245 Å². The molecule has 0 saturated heterocycles. The summed E-state index contributed by atoms with van der Waals surface area (Å²) in [6.07, 6.45) is 69.5. The molecule has 0 aromatic carbocycles. The number of hydrogen-bond donors (Lipinski definition) is 0. The number of carbonyl (C=O) groups excluding carboxylic acids is 3. The predicted molar refractivity (Wildman–Crippen MR) is 279 cm³/mol. The minimum atomic E-state index is -0.796. The van der Waals surface area contributed by atoms with Crippen molar-refractivity contribution in [2.24, 2.45) is 0 Å². The van der Waals surface area contributed by atoms with Crippen LogP contribution < -0.4 is 0 Å². The lowest BCUT2D eigenvalue weighted by Crippen LogP contribution is -2.30. The van der Waals surface area contributed by atoms with Gasteiger partial charge in [-0.15, -0.1) is 0 Å². The summed E-state index contributed by atoms with van der Waals surface area (Å²) in [5, 5.41) is 0. The van der Waals surface area contributed by atoms with Gasteiger partial charge in [0.25, 0.3) is 0 Å². The highest BCUT2D eigenvalue weighted by molar-refractivity contribution is 5.71. The van der Waals surface area contributed by atoms with Gasteiger partial charge in [-0.05, 0) is 109 Å². The fraction of sp³-hybridized carbons (Fsp3) is 0.678. The van der Waals surface area contributed by atoms with Crippen LogP contribution in [0.2, 0.25) is 0 Å². The maximum absolute atomic E-state index is 12.8. The highest BCUT2D eigenvalue weighted by Gasteiger charge is 2.19. The molecule has 1 atom stereocenters.